The maximum absolute atomic E-state index is 12.6. The highest BCUT2D eigenvalue weighted by Gasteiger charge is 2.21. The molecule has 0 bridgehead atoms. The first-order valence-corrected chi connectivity index (χ1v) is 9.40. The van der Waals surface area contributed by atoms with Crippen LogP contribution in [-0.2, 0) is 12.8 Å². The van der Waals surface area contributed by atoms with Crippen molar-refractivity contribution >= 4 is 28.8 Å². The average molecular weight is 357 g/mol. The highest BCUT2D eigenvalue weighted by molar-refractivity contribution is 7.14. The molecule has 25 heavy (non-hydrogen) atoms. The first-order valence-electron chi connectivity index (χ1n) is 8.58. The third-order valence-corrected chi connectivity index (χ3v) is 5.64. The van der Waals surface area contributed by atoms with E-state index in [0.717, 1.165) is 12.8 Å². The molecule has 1 heterocycles. The molecule has 2 amide bonds. The van der Waals surface area contributed by atoms with Gasteiger partial charge in [-0.15, -0.1) is 11.3 Å². The number of thiophene rings is 1. The molecule has 2 aromatic rings. The number of nitrogens with one attached hydrogen (secondary N) is 2. The van der Waals surface area contributed by atoms with Gasteiger partial charge in [0.15, 0.2) is 0 Å². The number of hydrogen-bond donors (Lipinski definition) is 3. The summed E-state index contributed by atoms with van der Waals surface area (Å²) in [4.78, 5) is 26.9. The second-order valence-corrected chi connectivity index (χ2v) is 7.59. The van der Waals surface area contributed by atoms with Crippen molar-refractivity contribution in [2.75, 3.05) is 18.4 Å². The summed E-state index contributed by atoms with van der Waals surface area (Å²) in [5.41, 5.74) is 7.68. The normalized spacial score (nSPS) is 16.2. The number of amides is 2. The molecule has 0 saturated carbocycles. The molecule has 6 heteroatoms. The Balaban J connectivity index is 1.76. The maximum atomic E-state index is 12.6. The minimum atomic E-state index is -0.236. The smallest absolute Gasteiger partial charge is 0.265 e. The highest BCUT2D eigenvalue weighted by atomic mass is 32.1. The van der Waals surface area contributed by atoms with Crippen molar-refractivity contribution in [1.29, 1.82) is 0 Å². The summed E-state index contributed by atoms with van der Waals surface area (Å²) in [6.45, 7) is 3.02. The Hall–Kier alpha value is -2.18. The number of benzene rings is 1. The Morgan fingerprint density at radius 1 is 1.28 bits per heavy atom. The summed E-state index contributed by atoms with van der Waals surface area (Å²) in [6, 6.07) is 9.02. The van der Waals surface area contributed by atoms with Gasteiger partial charge >= 0.3 is 0 Å². The maximum Gasteiger partial charge on any atom is 0.265 e. The van der Waals surface area contributed by atoms with E-state index in [1.807, 2.05) is 6.07 Å². The van der Waals surface area contributed by atoms with Crippen LogP contribution in [0.4, 0.5) is 5.69 Å². The van der Waals surface area contributed by atoms with Crippen LogP contribution in [0.2, 0.25) is 0 Å². The van der Waals surface area contributed by atoms with Crippen molar-refractivity contribution in [1.82, 2.24) is 5.32 Å². The molecule has 1 unspecified atom stereocenters. The molecule has 1 aromatic carbocycles. The number of para-hydroxylation sites is 1. The summed E-state index contributed by atoms with van der Waals surface area (Å²) in [5, 5.41) is 5.62. The van der Waals surface area contributed by atoms with Crippen LogP contribution in [0.1, 0.15) is 43.8 Å². The van der Waals surface area contributed by atoms with Gasteiger partial charge in [-0.25, -0.2) is 0 Å². The van der Waals surface area contributed by atoms with E-state index < -0.39 is 0 Å². The van der Waals surface area contributed by atoms with Gasteiger partial charge in [-0.3, -0.25) is 9.59 Å². The lowest BCUT2D eigenvalue weighted by molar-refractivity contribution is 0.0955. The van der Waals surface area contributed by atoms with Gasteiger partial charge in [-0.1, -0.05) is 19.1 Å². The van der Waals surface area contributed by atoms with Crippen molar-refractivity contribution in [2.24, 2.45) is 11.7 Å². The second-order valence-electron chi connectivity index (χ2n) is 6.45. The molecule has 3 rings (SSSR count). The van der Waals surface area contributed by atoms with E-state index in [9.17, 15) is 9.59 Å². The van der Waals surface area contributed by atoms with Gasteiger partial charge in [0.1, 0.15) is 0 Å². The standard InChI is InChI=1S/C19H23N3O2S/c1-12-6-7-16-13(10-12)11-17(25-16)19(24)22-15-5-3-2-4-14(15)18(23)21-9-8-20/h2-5,11-12H,6-10,20H2,1H3,(H,21,23)(H,22,24). The number of anilines is 1. The SMILES string of the molecule is CC1CCc2sc(C(=O)Nc3ccccc3C(=O)NCCN)cc2C1. The Morgan fingerprint density at radius 2 is 2.08 bits per heavy atom. The quantitative estimate of drug-likeness (QED) is 0.769. The molecule has 5 nitrogen and oxygen atoms in total. The summed E-state index contributed by atoms with van der Waals surface area (Å²) >= 11 is 1.56. The first-order chi connectivity index (χ1) is 12.1. The van der Waals surface area contributed by atoms with Crippen LogP contribution in [0.5, 0.6) is 0 Å². The molecule has 1 aromatic heterocycles. The number of hydrogen-bond acceptors (Lipinski definition) is 4. The van der Waals surface area contributed by atoms with Crippen LogP contribution in [0.25, 0.3) is 0 Å². The molecule has 1 aliphatic rings. The molecule has 0 aliphatic heterocycles. The minimum Gasteiger partial charge on any atom is -0.351 e. The van der Waals surface area contributed by atoms with Crippen LogP contribution in [0.15, 0.2) is 30.3 Å². The van der Waals surface area contributed by atoms with Gasteiger partial charge in [-0.2, -0.15) is 0 Å². The summed E-state index contributed by atoms with van der Waals surface area (Å²) < 4.78 is 0. The van der Waals surface area contributed by atoms with Gasteiger partial charge < -0.3 is 16.4 Å². The van der Waals surface area contributed by atoms with Crippen molar-refractivity contribution in [3.8, 4) is 0 Å². The number of carbonyl (C=O) groups is 2. The van der Waals surface area contributed by atoms with Crippen LogP contribution < -0.4 is 16.4 Å². The van der Waals surface area contributed by atoms with Crippen molar-refractivity contribution in [3.63, 3.8) is 0 Å². The molecule has 0 saturated heterocycles. The van der Waals surface area contributed by atoms with Crippen LogP contribution in [0, 0.1) is 5.92 Å². The monoisotopic (exact) mass is 357 g/mol. The predicted octanol–water partition coefficient (Wildman–Crippen LogP) is 2.81. The van der Waals surface area contributed by atoms with Gasteiger partial charge in [0.2, 0.25) is 0 Å². The molecule has 1 atom stereocenters. The fourth-order valence-corrected chi connectivity index (χ4v) is 4.18. The van der Waals surface area contributed by atoms with E-state index >= 15 is 0 Å². The van der Waals surface area contributed by atoms with Crippen molar-refractivity contribution in [3.05, 3.63) is 51.2 Å². The summed E-state index contributed by atoms with van der Waals surface area (Å²) in [6.07, 6.45) is 3.27. The zero-order chi connectivity index (χ0) is 17.8. The number of nitrogens with two attached hydrogens (primary N) is 1. The summed E-state index contributed by atoms with van der Waals surface area (Å²) in [5.74, 6) is 0.275. The fourth-order valence-electron chi connectivity index (χ4n) is 3.07. The minimum absolute atomic E-state index is 0.161. The van der Waals surface area contributed by atoms with E-state index in [0.29, 0.717) is 35.1 Å². The fraction of sp³-hybridized carbons (Fsp3) is 0.368. The Kier molecular flexibility index (Phi) is 5.50. The Labute approximate surface area is 151 Å². The van der Waals surface area contributed by atoms with Crippen LogP contribution >= 0.6 is 11.3 Å². The zero-order valence-corrected chi connectivity index (χ0v) is 15.1. The van der Waals surface area contributed by atoms with E-state index in [-0.39, 0.29) is 11.8 Å². The van der Waals surface area contributed by atoms with Gasteiger partial charge in [-0.05, 0) is 48.9 Å². The molecule has 132 valence electrons. The highest BCUT2D eigenvalue weighted by Crippen LogP contribution is 2.32. The molecule has 0 fully saturated rings. The van der Waals surface area contributed by atoms with E-state index in [1.165, 1.54) is 16.9 Å². The molecule has 0 radical (unpaired) electrons. The number of fused-ring (bicyclic) bond motifs is 1. The van der Waals surface area contributed by atoms with E-state index in [2.05, 4.69) is 17.6 Å². The largest absolute Gasteiger partial charge is 0.351 e. The molecular formula is C19H23N3O2S. The first kappa shape index (κ1) is 17.6. The van der Waals surface area contributed by atoms with Crippen molar-refractivity contribution in [2.45, 2.75) is 26.2 Å². The number of carbonyl (C=O) groups excluding carboxylic acids is 2. The molecule has 4 N–H and O–H groups in total. The summed E-state index contributed by atoms with van der Waals surface area (Å²) in [7, 11) is 0. The lowest BCUT2D eigenvalue weighted by Gasteiger charge is -2.16. The van der Waals surface area contributed by atoms with Crippen molar-refractivity contribution < 1.29 is 9.59 Å². The Morgan fingerprint density at radius 3 is 2.88 bits per heavy atom. The van der Waals surface area contributed by atoms with E-state index in [4.69, 9.17) is 5.73 Å². The topological polar surface area (TPSA) is 84.2 Å². The van der Waals surface area contributed by atoms with Crippen LogP contribution in [-0.4, -0.2) is 24.9 Å². The lowest BCUT2D eigenvalue weighted by atomic mass is 9.90. The van der Waals surface area contributed by atoms with Gasteiger partial charge in [0, 0.05) is 18.0 Å². The zero-order valence-electron chi connectivity index (χ0n) is 14.3. The Bertz CT molecular complexity index is 785. The van der Waals surface area contributed by atoms with E-state index in [1.54, 1.807) is 35.6 Å². The molecular weight excluding hydrogens is 334 g/mol. The molecule has 1 aliphatic carbocycles. The average Bonchev–Trinajstić information content (AvgIpc) is 3.03. The third-order valence-electron chi connectivity index (χ3n) is 4.40. The lowest BCUT2D eigenvalue weighted by Crippen LogP contribution is -2.29. The predicted molar refractivity (Wildman–Crippen MR) is 101 cm³/mol. The molecule has 0 spiro atoms. The number of rotatable bonds is 5. The third kappa shape index (κ3) is 4.08. The number of aryl methyl sites for hydroxylation is 1. The van der Waals surface area contributed by atoms with Crippen LogP contribution in [0.3, 0.4) is 0 Å². The van der Waals surface area contributed by atoms with Gasteiger partial charge in [0.05, 0.1) is 16.1 Å². The van der Waals surface area contributed by atoms with Gasteiger partial charge in [0.25, 0.3) is 11.8 Å². The second kappa shape index (κ2) is 7.80.